The van der Waals surface area contributed by atoms with E-state index >= 15 is 0 Å². The zero-order chi connectivity index (χ0) is 14.1. The molecule has 3 atom stereocenters. The van der Waals surface area contributed by atoms with Crippen LogP contribution < -0.4 is 5.32 Å². The van der Waals surface area contributed by atoms with E-state index < -0.39 is 0 Å². The van der Waals surface area contributed by atoms with Crippen molar-refractivity contribution in [3.8, 4) is 0 Å². The van der Waals surface area contributed by atoms with Crippen molar-refractivity contribution < 1.29 is 0 Å². The molecular formula is C17H32N2. The third-order valence-electron chi connectivity index (χ3n) is 4.43. The quantitative estimate of drug-likeness (QED) is 0.642. The van der Waals surface area contributed by atoms with Crippen LogP contribution in [0.3, 0.4) is 0 Å². The molecule has 0 aromatic heterocycles. The van der Waals surface area contributed by atoms with Crippen LogP contribution in [0.1, 0.15) is 39.0 Å². The Hall–Kier alpha value is -0.600. The van der Waals surface area contributed by atoms with Crippen molar-refractivity contribution in [2.45, 2.75) is 45.1 Å². The number of hydrogen-bond donors (Lipinski definition) is 1. The predicted molar refractivity (Wildman–Crippen MR) is 85.4 cm³/mol. The maximum absolute atomic E-state index is 3.87. The van der Waals surface area contributed by atoms with Crippen LogP contribution in [-0.2, 0) is 0 Å². The summed E-state index contributed by atoms with van der Waals surface area (Å²) in [6.45, 7) is 13.2. The smallest absolute Gasteiger partial charge is 0.0164 e. The first-order valence-corrected chi connectivity index (χ1v) is 7.86. The highest BCUT2D eigenvalue weighted by Gasteiger charge is 2.29. The summed E-state index contributed by atoms with van der Waals surface area (Å²) in [5.41, 5.74) is 0. The minimum Gasteiger partial charge on any atom is -0.317 e. The minimum atomic E-state index is 0.685. The third kappa shape index (κ3) is 5.50. The maximum atomic E-state index is 3.87. The largest absolute Gasteiger partial charge is 0.317 e. The first-order chi connectivity index (χ1) is 9.24. The van der Waals surface area contributed by atoms with E-state index in [0.29, 0.717) is 6.04 Å². The highest BCUT2D eigenvalue weighted by molar-refractivity contribution is 4.88. The van der Waals surface area contributed by atoms with E-state index in [0.717, 1.165) is 24.9 Å². The van der Waals surface area contributed by atoms with Gasteiger partial charge in [-0.25, -0.2) is 0 Å². The van der Waals surface area contributed by atoms with Crippen LogP contribution in [0, 0.1) is 11.8 Å². The lowest BCUT2D eigenvalue weighted by atomic mass is 9.76. The van der Waals surface area contributed by atoms with Crippen LogP contribution in [0.2, 0.25) is 0 Å². The molecule has 1 aliphatic rings. The van der Waals surface area contributed by atoms with E-state index in [1.54, 1.807) is 0 Å². The molecule has 0 aromatic rings. The topological polar surface area (TPSA) is 15.3 Å². The molecule has 1 saturated carbocycles. The van der Waals surface area contributed by atoms with Gasteiger partial charge in [0, 0.05) is 25.7 Å². The average molecular weight is 264 g/mol. The van der Waals surface area contributed by atoms with Crippen molar-refractivity contribution in [3.63, 3.8) is 0 Å². The molecule has 1 fully saturated rings. The highest BCUT2D eigenvalue weighted by atomic mass is 15.1. The summed E-state index contributed by atoms with van der Waals surface area (Å²) in [5, 5.41) is 3.53. The highest BCUT2D eigenvalue weighted by Crippen LogP contribution is 2.32. The van der Waals surface area contributed by atoms with E-state index in [1.165, 1.54) is 38.6 Å². The molecule has 0 aliphatic heterocycles. The van der Waals surface area contributed by atoms with Gasteiger partial charge in [-0.15, -0.1) is 13.2 Å². The van der Waals surface area contributed by atoms with Crippen molar-refractivity contribution in [1.29, 1.82) is 0 Å². The Morgan fingerprint density at radius 3 is 2.42 bits per heavy atom. The standard InChI is InChI=1S/C17H32N2/c1-5-8-15-9-10-17(18-4)16(13-15)14-19(11-6-2)12-7-3/h6-7,15-18H,2-3,5,8-14H2,1,4H3. The van der Waals surface area contributed by atoms with Gasteiger partial charge in [-0.2, -0.15) is 0 Å². The summed E-state index contributed by atoms with van der Waals surface area (Å²) in [7, 11) is 2.11. The maximum Gasteiger partial charge on any atom is 0.0164 e. The van der Waals surface area contributed by atoms with Crippen molar-refractivity contribution >= 4 is 0 Å². The second-order valence-electron chi connectivity index (χ2n) is 5.92. The molecule has 0 radical (unpaired) electrons. The Kier molecular flexibility index (Phi) is 8.08. The molecule has 0 saturated heterocycles. The summed E-state index contributed by atoms with van der Waals surface area (Å²) in [5.74, 6) is 1.71. The van der Waals surface area contributed by atoms with Gasteiger partial charge < -0.3 is 5.32 Å². The van der Waals surface area contributed by atoms with Gasteiger partial charge in [0.25, 0.3) is 0 Å². The zero-order valence-corrected chi connectivity index (χ0v) is 12.9. The Labute approximate surface area is 120 Å². The van der Waals surface area contributed by atoms with Crippen LogP contribution >= 0.6 is 0 Å². The lowest BCUT2D eigenvalue weighted by molar-refractivity contribution is 0.152. The van der Waals surface area contributed by atoms with Crippen molar-refractivity contribution in [3.05, 3.63) is 25.3 Å². The number of nitrogens with zero attached hydrogens (tertiary/aromatic N) is 1. The van der Waals surface area contributed by atoms with Gasteiger partial charge in [0.15, 0.2) is 0 Å². The van der Waals surface area contributed by atoms with Gasteiger partial charge in [-0.1, -0.05) is 31.9 Å². The van der Waals surface area contributed by atoms with Crippen LogP contribution in [0.25, 0.3) is 0 Å². The van der Waals surface area contributed by atoms with Gasteiger partial charge in [0.1, 0.15) is 0 Å². The molecule has 2 nitrogen and oxygen atoms in total. The SMILES string of the molecule is C=CCN(CC=C)CC1CC(CCC)CCC1NC. The Morgan fingerprint density at radius 2 is 1.89 bits per heavy atom. The van der Waals surface area contributed by atoms with Crippen molar-refractivity contribution in [1.82, 2.24) is 10.2 Å². The third-order valence-corrected chi connectivity index (χ3v) is 4.43. The van der Waals surface area contributed by atoms with Crippen LogP contribution in [0.5, 0.6) is 0 Å². The summed E-state index contributed by atoms with van der Waals surface area (Å²) < 4.78 is 0. The van der Waals surface area contributed by atoms with Gasteiger partial charge in [-0.3, -0.25) is 4.90 Å². The van der Waals surface area contributed by atoms with Crippen molar-refractivity contribution in [2.24, 2.45) is 11.8 Å². The number of rotatable bonds is 9. The summed E-state index contributed by atoms with van der Waals surface area (Å²) in [6.07, 6.45) is 10.8. The van der Waals surface area contributed by atoms with E-state index in [4.69, 9.17) is 0 Å². The zero-order valence-electron chi connectivity index (χ0n) is 12.9. The molecule has 0 heterocycles. The second kappa shape index (κ2) is 9.33. The van der Waals surface area contributed by atoms with E-state index in [9.17, 15) is 0 Å². The molecular weight excluding hydrogens is 232 g/mol. The lowest BCUT2D eigenvalue weighted by Gasteiger charge is -2.38. The normalized spacial score (nSPS) is 27.4. The molecule has 0 bridgehead atoms. The second-order valence-corrected chi connectivity index (χ2v) is 5.92. The van der Waals surface area contributed by atoms with Gasteiger partial charge >= 0.3 is 0 Å². The molecule has 0 amide bonds. The molecule has 2 heteroatoms. The van der Waals surface area contributed by atoms with Gasteiger partial charge in [0.05, 0.1) is 0 Å². The molecule has 0 aromatic carbocycles. The fourth-order valence-corrected chi connectivity index (χ4v) is 3.53. The molecule has 0 spiro atoms. The lowest BCUT2D eigenvalue weighted by Crippen LogP contribution is -2.44. The van der Waals surface area contributed by atoms with Crippen LogP contribution in [-0.4, -0.2) is 37.6 Å². The van der Waals surface area contributed by atoms with Crippen LogP contribution in [0.4, 0.5) is 0 Å². The molecule has 3 unspecified atom stereocenters. The van der Waals surface area contributed by atoms with E-state index in [1.807, 2.05) is 12.2 Å². The minimum absolute atomic E-state index is 0.685. The Bertz CT molecular complexity index is 252. The Morgan fingerprint density at radius 1 is 1.21 bits per heavy atom. The molecule has 19 heavy (non-hydrogen) atoms. The van der Waals surface area contributed by atoms with Gasteiger partial charge in [-0.05, 0) is 38.1 Å². The predicted octanol–water partition coefficient (Wildman–Crippen LogP) is 3.46. The van der Waals surface area contributed by atoms with E-state index in [-0.39, 0.29) is 0 Å². The first-order valence-electron chi connectivity index (χ1n) is 7.86. The molecule has 1 rings (SSSR count). The monoisotopic (exact) mass is 264 g/mol. The first kappa shape index (κ1) is 16.5. The van der Waals surface area contributed by atoms with Gasteiger partial charge in [0.2, 0.25) is 0 Å². The Balaban J connectivity index is 2.57. The summed E-state index contributed by atoms with van der Waals surface area (Å²) >= 11 is 0. The van der Waals surface area contributed by atoms with Crippen LogP contribution in [0.15, 0.2) is 25.3 Å². The molecule has 110 valence electrons. The summed E-state index contributed by atoms with van der Waals surface area (Å²) in [4.78, 5) is 2.46. The van der Waals surface area contributed by atoms with Crippen molar-refractivity contribution in [2.75, 3.05) is 26.7 Å². The average Bonchev–Trinajstić information content (AvgIpc) is 2.40. The number of hydrogen-bond acceptors (Lipinski definition) is 2. The number of nitrogens with one attached hydrogen (secondary N) is 1. The molecule has 1 aliphatic carbocycles. The molecule has 1 N–H and O–H groups in total. The fourth-order valence-electron chi connectivity index (χ4n) is 3.53. The van der Waals surface area contributed by atoms with E-state index in [2.05, 4.69) is 37.3 Å². The fraction of sp³-hybridized carbons (Fsp3) is 0.765. The summed E-state index contributed by atoms with van der Waals surface area (Å²) in [6, 6.07) is 0.685.